The summed E-state index contributed by atoms with van der Waals surface area (Å²) in [6.45, 7) is 5.06. The van der Waals surface area contributed by atoms with Crippen molar-refractivity contribution in [2.75, 3.05) is 6.61 Å². The molecule has 1 saturated carbocycles. The van der Waals surface area contributed by atoms with Crippen LogP contribution in [-0.2, 0) is 6.42 Å². The number of benzene rings is 1. The van der Waals surface area contributed by atoms with E-state index >= 15 is 0 Å². The summed E-state index contributed by atoms with van der Waals surface area (Å²) in [6.07, 6.45) is 20.4. The van der Waals surface area contributed by atoms with Gasteiger partial charge in [0.25, 0.3) is 0 Å². The Morgan fingerprint density at radius 1 is 0.882 bits per heavy atom. The number of fused-ring (bicyclic) bond motifs is 1. The smallest absolute Gasteiger partial charge is 0.345 e. The maximum absolute atomic E-state index is 12.7. The van der Waals surface area contributed by atoms with Gasteiger partial charge in [-0.2, -0.15) is 0 Å². The molecule has 1 aliphatic carbocycles. The molecule has 0 N–H and O–H groups in total. The molecular formula is C30H45ClO3. The van der Waals surface area contributed by atoms with Crippen LogP contribution < -0.4 is 10.4 Å². The summed E-state index contributed by atoms with van der Waals surface area (Å²) in [6, 6.07) is 5.81. The molecule has 0 aliphatic heterocycles. The minimum absolute atomic E-state index is 0.348. The maximum Gasteiger partial charge on any atom is 0.345 e. The van der Waals surface area contributed by atoms with Crippen LogP contribution >= 0.6 is 11.6 Å². The fraction of sp³-hybridized carbons (Fsp3) is 0.700. The van der Waals surface area contributed by atoms with Crippen LogP contribution in [0.5, 0.6) is 5.75 Å². The van der Waals surface area contributed by atoms with E-state index in [1.54, 1.807) is 0 Å². The van der Waals surface area contributed by atoms with Crippen LogP contribution in [0.2, 0.25) is 5.02 Å². The van der Waals surface area contributed by atoms with Gasteiger partial charge in [-0.1, -0.05) is 115 Å². The molecule has 3 rings (SSSR count). The summed E-state index contributed by atoms with van der Waals surface area (Å²) < 4.78 is 11.5. The fourth-order valence-corrected chi connectivity index (χ4v) is 5.71. The molecule has 190 valence electrons. The summed E-state index contributed by atoms with van der Waals surface area (Å²) in [5.74, 6) is 3.04. The molecular weight excluding hydrogens is 444 g/mol. The first-order valence-corrected chi connectivity index (χ1v) is 14.4. The van der Waals surface area contributed by atoms with E-state index in [1.807, 2.05) is 18.2 Å². The van der Waals surface area contributed by atoms with Crippen molar-refractivity contribution in [3.63, 3.8) is 0 Å². The Hall–Kier alpha value is -1.48. The number of aryl methyl sites for hydroxylation is 1. The predicted molar refractivity (Wildman–Crippen MR) is 144 cm³/mol. The van der Waals surface area contributed by atoms with E-state index in [9.17, 15) is 4.79 Å². The van der Waals surface area contributed by atoms with Crippen LogP contribution in [0.3, 0.4) is 0 Å². The van der Waals surface area contributed by atoms with Crippen molar-refractivity contribution >= 4 is 22.4 Å². The molecule has 1 fully saturated rings. The lowest BCUT2D eigenvalue weighted by Crippen LogP contribution is -2.15. The number of rotatable bonds is 15. The quantitative estimate of drug-likeness (QED) is 0.234. The summed E-state index contributed by atoms with van der Waals surface area (Å²) in [5, 5.41) is 1.66. The van der Waals surface area contributed by atoms with E-state index in [0.717, 1.165) is 55.1 Å². The van der Waals surface area contributed by atoms with Gasteiger partial charge in [0.05, 0.1) is 17.0 Å². The molecule has 2 aromatic rings. The van der Waals surface area contributed by atoms with Gasteiger partial charge in [-0.25, -0.2) is 4.79 Å². The van der Waals surface area contributed by atoms with E-state index in [2.05, 4.69) is 13.8 Å². The van der Waals surface area contributed by atoms with E-state index in [1.165, 1.54) is 70.6 Å². The van der Waals surface area contributed by atoms with Crippen LogP contribution in [0.4, 0.5) is 0 Å². The summed E-state index contributed by atoms with van der Waals surface area (Å²) in [5.41, 5.74) is -0.348. The Bertz CT molecular complexity index is 911. The first kappa shape index (κ1) is 27.1. The van der Waals surface area contributed by atoms with E-state index in [0.29, 0.717) is 22.8 Å². The monoisotopic (exact) mass is 488 g/mol. The largest absolute Gasteiger partial charge is 0.492 e. The first-order valence-electron chi connectivity index (χ1n) is 14.0. The van der Waals surface area contributed by atoms with Gasteiger partial charge < -0.3 is 9.15 Å². The minimum atomic E-state index is -0.348. The molecule has 3 nitrogen and oxygen atoms in total. The van der Waals surface area contributed by atoms with E-state index in [4.69, 9.17) is 20.8 Å². The highest BCUT2D eigenvalue weighted by molar-refractivity contribution is 6.36. The van der Waals surface area contributed by atoms with Gasteiger partial charge in [0.1, 0.15) is 11.5 Å². The Balaban J connectivity index is 1.45. The van der Waals surface area contributed by atoms with Crippen molar-refractivity contribution in [3.05, 3.63) is 39.4 Å². The number of unbranched alkanes of at least 4 members (excludes halogenated alkanes) is 7. The molecule has 1 aliphatic rings. The Labute approximate surface area is 211 Å². The highest BCUT2D eigenvalue weighted by Gasteiger charge is 2.21. The van der Waals surface area contributed by atoms with Crippen molar-refractivity contribution in [1.29, 1.82) is 0 Å². The minimum Gasteiger partial charge on any atom is -0.492 e. The van der Waals surface area contributed by atoms with E-state index < -0.39 is 0 Å². The molecule has 34 heavy (non-hydrogen) atoms. The third-order valence-corrected chi connectivity index (χ3v) is 8.00. The fourth-order valence-electron chi connectivity index (χ4n) is 5.41. The van der Waals surface area contributed by atoms with Gasteiger partial charge in [-0.05, 0) is 42.2 Å². The van der Waals surface area contributed by atoms with Crippen LogP contribution in [0.25, 0.3) is 10.8 Å². The Morgan fingerprint density at radius 3 is 2.26 bits per heavy atom. The second kappa shape index (κ2) is 14.8. The highest BCUT2D eigenvalue weighted by Crippen LogP contribution is 2.35. The molecule has 0 amide bonds. The van der Waals surface area contributed by atoms with Crippen LogP contribution in [0.15, 0.2) is 27.4 Å². The molecule has 0 unspecified atom stereocenters. The average molecular weight is 489 g/mol. The zero-order chi connectivity index (χ0) is 24.2. The summed E-state index contributed by atoms with van der Waals surface area (Å²) >= 11 is 6.51. The van der Waals surface area contributed by atoms with Crippen molar-refractivity contribution in [2.24, 2.45) is 11.8 Å². The average Bonchev–Trinajstić information content (AvgIpc) is 2.84. The van der Waals surface area contributed by atoms with Gasteiger partial charge in [-0.3, -0.25) is 0 Å². The number of hydrogen-bond acceptors (Lipinski definition) is 3. The standard InChI is InChI=1S/C30H45ClO3/c1-3-5-7-8-9-10-12-23-13-15-24(16-14-23)17-19-26-22-25-18-20-27(33-21-11-6-4-2)29(31)28(25)30(32)34-26/h18,20,22-24H,3-17,19,21H2,1-2H3. The molecule has 1 aromatic heterocycles. The Morgan fingerprint density at radius 2 is 1.53 bits per heavy atom. The zero-order valence-corrected chi connectivity index (χ0v) is 22.3. The first-order chi connectivity index (χ1) is 16.6. The molecule has 0 spiro atoms. The molecule has 1 aromatic carbocycles. The zero-order valence-electron chi connectivity index (χ0n) is 21.5. The molecule has 0 bridgehead atoms. The van der Waals surface area contributed by atoms with E-state index in [-0.39, 0.29) is 5.63 Å². The van der Waals surface area contributed by atoms with Crippen molar-refractivity contribution in [3.8, 4) is 5.75 Å². The lowest BCUT2D eigenvalue weighted by atomic mass is 9.78. The number of ether oxygens (including phenoxy) is 1. The van der Waals surface area contributed by atoms with Crippen LogP contribution in [0, 0.1) is 11.8 Å². The normalized spacial score (nSPS) is 18.4. The molecule has 4 heteroatoms. The molecule has 0 radical (unpaired) electrons. The Kier molecular flexibility index (Phi) is 11.8. The van der Waals surface area contributed by atoms with Gasteiger partial charge in [0.2, 0.25) is 0 Å². The second-order valence-corrected chi connectivity index (χ2v) is 10.8. The molecule has 0 saturated heterocycles. The molecule has 0 atom stereocenters. The second-order valence-electron chi connectivity index (χ2n) is 10.4. The molecule has 1 heterocycles. The third kappa shape index (κ3) is 8.33. The third-order valence-electron chi connectivity index (χ3n) is 7.62. The van der Waals surface area contributed by atoms with Gasteiger partial charge in [0.15, 0.2) is 0 Å². The maximum atomic E-state index is 12.7. The number of hydrogen-bond donors (Lipinski definition) is 0. The SMILES string of the molecule is CCCCCCCCC1CCC(CCc2cc3ccc(OCCCCC)c(Cl)c3c(=O)o2)CC1. The van der Waals surface area contributed by atoms with Crippen LogP contribution in [-0.4, -0.2) is 6.61 Å². The van der Waals surface area contributed by atoms with Crippen molar-refractivity contribution in [1.82, 2.24) is 0 Å². The summed E-state index contributed by atoms with van der Waals surface area (Å²) in [7, 11) is 0. The van der Waals surface area contributed by atoms with Crippen molar-refractivity contribution < 1.29 is 9.15 Å². The highest BCUT2D eigenvalue weighted by atomic mass is 35.5. The van der Waals surface area contributed by atoms with Gasteiger partial charge in [-0.15, -0.1) is 0 Å². The van der Waals surface area contributed by atoms with Gasteiger partial charge in [0, 0.05) is 6.42 Å². The summed E-state index contributed by atoms with van der Waals surface area (Å²) in [4.78, 5) is 12.7. The lowest BCUT2D eigenvalue weighted by molar-refractivity contribution is 0.245. The van der Waals surface area contributed by atoms with Crippen molar-refractivity contribution in [2.45, 2.75) is 117 Å². The van der Waals surface area contributed by atoms with Crippen LogP contribution in [0.1, 0.15) is 116 Å². The number of halogens is 1. The predicted octanol–water partition coefficient (Wildman–Crippen LogP) is 9.50. The van der Waals surface area contributed by atoms with Gasteiger partial charge >= 0.3 is 5.63 Å². The topological polar surface area (TPSA) is 39.4 Å². The lowest BCUT2D eigenvalue weighted by Gasteiger charge is -2.28.